The zero-order chi connectivity index (χ0) is 9.26. The van der Waals surface area contributed by atoms with Crippen LogP contribution in [0.4, 0.5) is 0 Å². The molecule has 0 radical (unpaired) electrons. The van der Waals surface area contributed by atoms with E-state index in [4.69, 9.17) is 4.74 Å². The SMILES string of the molecule is Cc1cc(Br)cc(OCC2CC2)c1. The summed E-state index contributed by atoms with van der Waals surface area (Å²) in [6.45, 7) is 2.96. The second kappa shape index (κ2) is 3.70. The number of ether oxygens (including phenoxy) is 1. The molecule has 70 valence electrons. The predicted octanol–water partition coefficient (Wildman–Crippen LogP) is 3.55. The number of aryl methyl sites for hydroxylation is 1. The Balaban J connectivity index is 2.01. The van der Waals surface area contributed by atoms with Gasteiger partial charge in [-0.2, -0.15) is 0 Å². The Morgan fingerprint density at radius 1 is 1.38 bits per heavy atom. The minimum atomic E-state index is 0.819. The third-order valence-electron chi connectivity index (χ3n) is 2.20. The van der Waals surface area contributed by atoms with Crippen molar-refractivity contribution in [3.8, 4) is 5.75 Å². The molecule has 0 unspecified atom stereocenters. The Bertz CT molecular complexity index is 285. The molecule has 0 spiro atoms. The van der Waals surface area contributed by atoms with E-state index in [0.29, 0.717) is 0 Å². The summed E-state index contributed by atoms with van der Waals surface area (Å²) in [7, 11) is 0. The third-order valence-corrected chi connectivity index (χ3v) is 2.66. The van der Waals surface area contributed by atoms with E-state index in [2.05, 4.69) is 35.0 Å². The van der Waals surface area contributed by atoms with Crippen molar-refractivity contribution in [2.24, 2.45) is 5.92 Å². The quantitative estimate of drug-likeness (QED) is 0.786. The molecule has 2 heteroatoms. The number of rotatable bonds is 3. The molecule has 0 atom stereocenters. The maximum Gasteiger partial charge on any atom is 0.120 e. The van der Waals surface area contributed by atoms with Gasteiger partial charge in [0.25, 0.3) is 0 Å². The Hall–Kier alpha value is -0.500. The van der Waals surface area contributed by atoms with Crippen LogP contribution in [0.5, 0.6) is 5.75 Å². The Labute approximate surface area is 87.2 Å². The molecule has 0 saturated heterocycles. The monoisotopic (exact) mass is 240 g/mol. The first-order chi connectivity index (χ1) is 6.24. The van der Waals surface area contributed by atoms with E-state index in [1.807, 2.05) is 6.07 Å². The number of benzene rings is 1. The maximum atomic E-state index is 5.66. The van der Waals surface area contributed by atoms with E-state index >= 15 is 0 Å². The predicted molar refractivity (Wildman–Crippen MR) is 57.1 cm³/mol. The van der Waals surface area contributed by atoms with Gasteiger partial charge in [0.2, 0.25) is 0 Å². The van der Waals surface area contributed by atoms with Gasteiger partial charge in [-0.1, -0.05) is 15.9 Å². The van der Waals surface area contributed by atoms with Gasteiger partial charge in [0.1, 0.15) is 5.75 Å². The zero-order valence-electron chi connectivity index (χ0n) is 7.72. The van der Waals surface area contributed by atoms with Crippen molar-refractivity contribution in [1.82, 2.24) is 0 Å². The van der Waals surface area contributed by atoms with E-state index in [1.54, 1.807) is 0 Å². The summed E-state index contributed by atoms with van der Waals surface area (Å²) in [6, 6.07) is 6.19. The lowest BCUT2D eigenvalue weighted by Gasteiger charge is -2.06. The standard InChI is InChI=1S/C11H13BrO/c1-8-4-10(12)6-11(5-8)13-7-9-2-3-9/h4-6,9H,2-3,7H2,1H3. The molecule has 1 aliphatic rings. The van der Waals surface area contributed by atoms with E-state index in [-0.39, 0.29) is 0 Å². The highest BCUT2D eigenvalue weighted by atomic mass is 79.9. The van der Waals surface area contributed by atoms with Crippen LogP contribution < -0.4 is 4.74 Å². The summed E-state index contributed by atoms with van der Waals surface area (Å²) in [5.74, 6) is 1.80. The normalized spacial score (nSPS) is 15.8. The molecule has 0 amide bonds. The van der Waals surface area contributed by atoms with Gasteiger partial charge in [-0.15, -0.1) is 0 Å². The Morgan fingerprint density at radius 3 is 2.77 bits per heavy atom. The molecular weight excluding hydrogens is 228 g/mol. The lowest BCUT2D eigenvalue weighted by molar-refractivity contribution is 0.299. The van der Waals surface area contributed by atoms with E-state index in [0.717, 1.165) is 22.7 Å². The van der Waals surface area contributed by atoms with Crippen molar-refractivity contribution in [2.75, 3.05) is 6.61 Å². The summed E-state index contributed by atoms with van der Waals surface area (Å²) >= 11 is 3.46. The van der Waals surface area contributed by atoms with Gasteiger partial charge >= 0.3 is 0 Å². The van der Waals surface area contributed by atoms with Crippen molar-refractivity contribution in [2.45, 2.75) is 19.8 Å². The molecule has 0 bridgehead atoms. The second-order valence-electron chi connectivity index (χ2n) is 3.72. The molecule has 1 aromatic carbocycles. The minimum Gasteiger partial charge on any atom is -0.493 e. The van der Waals surface area contributed by atoms with Crippen LogP contribution in [0.3, 0.4) is 0 Å². The highest BCUT2D eigenvalue weighted by molar-refractivity contribution is 9.10. The molecule has 0 aliphatic heterocycles. The average molecular weight is 241 g/mol. The third kappa shape index (κ3) is 2.73. The fourth-order valence-corrected chi connectivity index (χ4v) is 1.87. The van der Waals surface area contributed by atoms with Gasteiger partial charge in [-0.05, 0) is 49.4 Å². The zero-order valence-corrected chi connectivity index (χ0v) is 9.30. The summed E-state index contributed by atoms with van der Waals surface area (Å²) in [5, 5.41) is 0. The first-order valence-electron chi connectivity index (χ1n) is 4.64. The molecule has 2 rings (SSSR count). The fourth-order valence-electron chi connectivity index (χ4n) is 1.28. The molecule has 13 heavy (non-hydrogen) atoms. The molecular formula is C11H13BrO. The summed E-state index contributed by atoms with van der Waals surface area (Å²) in [5.41, 5.74) is 1.24. The number of hydrogen-bond donors (Lipinski definition) is 0. The Kier molecular flexibility index (Phi) is 2.58. The van der Waals surface area contributed by atoms with Crippen LogP contribution in [-0.2, 0) is 0 Å². The fraction of sp³-hybridized carbons (Fsp3) is 0.455. The van der Waals surface area contributed by atoms with Crippen LogP contribution in [0.15, 0.2) is 22.7 Å². The Morgan fingerprint density at radius 2 is 2.15 bits per heavy atom. The molecule has 1 saturated carbocycles. The maximum absolute atomic E-state index is 5.66. The number of halogens is 1. The van der Waals surface area contributed by atoms with Gasteiger partial charge in [0.15, 0.2) is 0 Å². The van der Waals surface area contributed by atoms with Gasteiger partial charge < -0.3 is 4.74 Å². The highest BCUT2D eigenvalue weighted by Gasteiger charge is 2.21. The van der Waals surface area contributed by atoms with E-state index in [1.165, 1.54) is 18.4 Å². The van der Waals surface area contributed by atoms with Crippen LogP contribution in [0.25, 0.3) is 0 Å². The smallest absolute Gasteiger partial charge is 0.120 e. The molecule has 1 fully saturated rings. The van der Waals surface area contributed by atoms with Crippen LogP contribution in [0.2, 0.25) is 0 Å². The van der Waals surface area contributed by atoms with Gasteiger partial charge in [-0.3, -0.25) is 0 Å². The average Bonchev–Trinajstić information content (AvgIpc) is 2.81. The van der Waals surface area contributed by atoms with Crippen LogP contribution >= 0.6 is 15.9 Å². The van der Waals surface area contributed by atoms with Crippen molar-refractivity contribution in [3.05, 3.63) is 28.2 Å². The van der Waals surface area contributed by atoms with Crippen molar-refractivity contribution in [3.63, 3.8) is 0 Å². The molecule has 0 N–H and O–H groups in total. The lowest BCUT2D eigenvalue weighted by Crippen LogP contribution is -1.98. The highest BCUT2D eigenvalue weighted by Crippen LogP contribution is 2.30. The van der Waals surface area contributed by atoms with E-state index < -0.39 is 0 Å². The van der Waals surface area contributed by atoms with Crippen molar-refractivity contribution < 1.29 is 4.74 Å². The summed E-state index contributed by atoms with van der Waals surface area (Å²) in [4.78, 5) is 0. The van der Waals surface area contributed by atoms with Crippen LogP contribution in [0.1, 0.15) is 18.4 Å². The topological polar surface area (TPSA) is 9.23 Å². The molecule has 1 aliphatic carbocycles. The second-order valence-corrected chi connectivity index (χ2v) is 4.63. The van der Waals surface area contributed by atoms with Crippen LogP contribution in [-0.4, -0.2) is 6.61 Å². The largest absolute Gasteiger partial charge is 0.493 e. The molecule has 1 aromatic rings. The minimum absolute atomic E-state index is 0.819. The van der Waals surface area contributed by atoms with Crippen molar-refractivity contribution >= 4 is 15.9 Å². The first kappa shape index (κ1) is 9.07. The molecule has 0 heterocycles. The summed E-state index contributed by atoms with van der Waals surface area (Å²) in [6.07, 6.45) is 2.68. The molecule has 0 aromatic heterocycles. The van der Waals surface area contributed by atoms with Gasteiger partial charge in [0, 0.05) is 4.47 Å². The van der Waals surface area contributed by atoms with E-state index in [9.17, 15) is 0 Å². The summed E-state index contributed by atoms with van der Waals surface area (Å²) < 4.78 is 6.76. The van der Waals surface area contributed by atoms with Crippen LogP contribution in [0, 0.1) is 12.8 Å². The van der Waals surface area contributed by atoms with Gasteiger partial charge in [-0.25, -0.2) is 0 Å². The first-order valence-corrected chi connectivity index (χ1v) is 5.43. The lowest BCUT2D eigenvalue weighted by atomic mass is 10.2. The van der Waals surface area contributed by atoms with Crippen molar-refractivity contribution in [1.29, 1.82) is 0 Å². The number of hydrogen-bond acceptors (Lipinski definition) is 1. The van der Waals surface area contributed by atoms with Gasteiger partial charge in [0.05, 0.1) is 6.61 Å². The molecule has 1 nitrogen and oxygen atoms in total.